The predicted molar refractivity (Wildman–Crippen MR) is 123 cm³/mol. The van der Waals surface area contributed by atoms with Gasteiger partial charge in [-0.3, -0.25) is 4.98 Å². The summed E-state index contributed by atoms with van der Waals surface area (Å²) in [6, 6.07) is 12.0. The summed E-state index contributed by atoms with van der Waals surface area (Å²) in [7, 11) is 0. The summed E-state index contributed by atoms with van der Waals surface area (Å²) < 4.78 is 1.91. The standard InChI is InChI=1S/C23H22N8O2/c32-23(33)30-13-15-11-29(12-16(15)14-30)21-9-17(5-6-26-21)31-19-4-2-1-3-18(19)22(28-31)27-20-10-24-7-8-25-20/h1-10,15-16H,11-14H2,(H,32,33)(H,25,27,28)/t15-,16+. The van der Waals surface area contributed by atoms with Crippen molar-refractivity contribution in [1.82, 2.24) is 29.6 Å². The number of rotatable bonds is 4. The molecule has 2 atom stereocenters. The van der Waals surface area contributed by atoms with E-state index in [1.54, 1.807) is 24.8 Å². The zero-order chi connectivity index (χ0) is 22.4. The van der Waals surface area contributed by atoms with E-state index in [9.17, 15) is 9.90 Å². The molecule has 10 heteroatoms. The van der Waals surface area contributed by atoms with Gasteiger partial charge in [0, 0.05) is 68.1 Å². The van der Waals surface area contributed by atoms with Crippen molar-refractivity contribution < 1.29 is 9.90 Å². The van der Waals surface area contributed by atoms with Crippen molar-refractivity contribution in [2.75, 3.05) is 36.4 Å². The average molecular weight is 442 g/mol. The summed E-state index contributed by atoms with van der Waals surface area (Å²) in [4.78, 5) is 28.1. The lowest BCUT2D eigenvalue weighted by Gasteiger charge is -2.21. The molecule has 33 heavy (non-hydrogen) atoms. The minimum Gasteiger partial charge on any atom is -0.465 e. The summed E-state index contributed by atoms with van der Waals surface area (Å²) in [5.41, 5.74) is 1.88. The van der Waals surface area contributed by atoms with E-state index in [0.717, 1.165) is 35.5 Å². The number of carbonyl (C=O) groups is 1. The maximum Gasteiger partial charge on any atom is 0.407 e. The van der Waals surface area contributed by atoms with Gasteiger partial charge in [-0.25, -0.2) is 19.4 Å². The number of hydrogen-bond donors (Lipinski definition) is 2. The fourth-order valence-electron chi connectivity index (χ4n) is 4.89. The molecule has 6 rings (SSSR count). The third kappa shape index (κ3) is 3.49. The van der Waals surface area contributed by atoms with Crippen LogP contribution in [-0.4, -0.2) is 67.0 Å². The minimum atomic E-state index is -0.826. The van der Waals surface area contributed by atoms with Gasteiger partial charge < -0.3 is 20.2 Å². The van der Waals surface area contributed by atoms with Crippen molar-refractivity contribution in [2.45, 2.75) is 0 Å². The SMILES string of the molecule is O=C(O)N1C[C@@H]2CN(c3cc(-n4nc(Nc5cnccn5)c5ccccc54)ccn3)C[C@@H]2C1. The van der Waals surface area contributed by atoms with Crippen LogP contribution in [0.1, 0.15) is 0 Å². The van der Waals surface area contributed by atoms with E-state index in [-0.39, 0.29) is 0 Å². The molecular weight excluding hydrogens is 420 g/mol. The molecule has 4 aromatic rings. The molecule has 0 unspecified atom stereocenters. The lowest BCUT2D eigenvalue weighted by molar-refractivity contribution is 0.153. The Morgan fingerprint density at radius 2 is 1.82 bits per heavy atom. The molecule has 166 valence electrons. The second-order valence-electron chi connectivity index (χ2n) is 8.48. The second kappa shape index (κ2) is 7.73. The zero-order valence-electron chi connectivity index (χ0n) is 17.7. The van der Waals surface area contributed by atoms with Crippen LogP contribution in [-0.2, 0) is 0 Å². The van der Waals surface area contributed by atoms with Gasteiger partial charge in [0.15, 0.2) is 5.82 Å². The fourth-order valence-corrected chi connectivity index (χ4v) is 4.89. The minimum absolute atomic E-state index is 0.347. The Morgan fingerprint density at radius 3 is 2.58 bits per heavy atom. The molecule has 1 aromatic carbocycles. The maximum atomic E-state index is 11.3. The number of fused-ring (bicyclic) bond motifs is 2. The Morgan fingerprint density at radius 1 is 1.00 bits per heavy atom. The van der Waals surface area contributed by atoms with E-state index in [2.05, 4.69) is 25.2 Å². The van der Waals surface area contributed by atoms with Crippen molar-refractivity contribution >= 4 is 34.4 Å². The number of nitrogens with one attached hydrogen (secondary N) is 1. The van der Waals surface area contributed by atoms with Gasteiger partial charge in [-0.05, 0) is 18.2 Å². The van der Waals surface area contributed by atoms with Gasteiger partial charge in [0.1, 0.15) is 11.6 Å². The quantitative estimate of drug-likeness (QED) is 0.496. The highest BCUT2D eigenvalue weighted by atomic mass is 16.4. The van der Waals surface area contributed by atoms with Gasteiger partial charge in [-0.15, -0.1) is 5.10 Å². The number of nitrogens with zero attached hydrogens (tertiary/aromatic N) is 7. The summed E-state index contributed by atoms with van der Waals surface area (Å²) in [5.74, 6) is 2.91. The molecule has 5 heterocycles. The van der Waals surface area contributed by atoms with Crippen molar-refractivity contribution in [3.63, 3.8) is 0 Å². The highest BCUT2D eigenvalue weighted by molar-refractivity contribution is 5.92. The Balaban J connectivity index is 1.30. The van der Waals surface area contributed by atoms with E-state index >= 15 is 0 Å². The van der Waals surface area contributed by atoms with Gasteiger partial charge in [0.05, 0.1) is 17.4 Å². The van der Waals surface area contributed by atoms with Crippen LogP contribution in [0, 0.1) is 11.8 Å². The Bertz CT molecular complexity index is 1310. The predicted octanol–water partition coefficient (Wildman–Crippen LogP) is 3.00. The first-order valence-electron chi connectivity index (χ1n) is 10.9. The highest BCUT2D eigenvalue weighted by Gasteiger charge is 2.42. The molecule has 0 aliphatic carbocycles. The van der Waals surface area contributed by atoms with Crippen molar-refractivity contribution in [2.24, 2.45) is 11.8 Å². The normalized spacial score (nSPS) is 19.8. The Labute approximate surface area is 189 Å². The van der Waals surface area contributed by atoms with Gasteiger partial charge in [0.2, 0.25) is 0 Å². The smallest absolute Gasteiger partial charge is 0.407 e. The van der Waals surface area contributed by atoms with Crippen LogP contribution in [0.15, 0.2) is 61.2 Å². The van der Waals surface area contributed by atoms with E-state index in [0.29, 0.717) is 36.6 Å². The van der Waals surface area contributed by atoms with Crippen LogP contribution in [0.5, 0.6) is 0 Å². The van der Waals surface area contributed by atoms with Gasteiger partial charge in [-0.1, -0.05) is 12.1 Å². The number of benzene rings is 1. The number of carboxylic acid groups (broad SMARTS) is 1. The van der Waals surface area contributed by atoms with Gasteiger partial charge in [-0.2, -0.15) is 0 Å². The lowest BCUT2D eigenvalue weighted by Crippen LogP contribution is -2.32. The number of aromatic nitrogens is 5. The topological polar surface area (TPSA) is 112 Å². The number of pyridine rings is 1. The van der Waals surface area contributed by atoms with Crippen LogP contribution < -0.4 is 10.2 Å². The van der Waals surface area contributed by atoms with Crippen molar-refractivity contribution in [1.29, 1.82) is 0 Å². The van der Waals surface area contributed by atoms with Crippen LogP contribution >= 0.6 is 0 Å². The molecule has 3 aromatic heterocycles. The van der Waals surface area contributed by atoms with Crippen LogP contribution in [0.2, 0.25) is 0 Å². The zero-order valence-corrected chi connectivity index (χ0v) is 17.7. The first-order chi connectivity index (χ1) is 16.2. The molecule has 1 amide bonds. The first-order valence-corrected chi connectivity index (χ1v) is 10.9. The third-order valence-corrected chi connectivity index (χ3v) is 6.45. The monoisotopic (exact) mass is 442 g/mol. The number of para-hydroxylation sites is 1. The molecule has 2 fully saturated rings. The molecule has 2 aliphatic heterocycles. The number of hydrogen-bond acceptors (Lipinski definition) is 7. The maximum absolute atomic E-state index is 11.3. The summed E-state index contributed by atoms with van der Waals surface area (Å²) >= 11 is 0. The molecule has 0 bridgehead atoms. The van der Waals surface area contributed by atoms with Gasteiger partial charge >= 0.3 is 6.09 Å². The molecule has 2 saturated heterocycles. The molecule has 0 radical (unpaired) electrons. The lowest BCUT2D eigenvalue weighted by atomic mass is 10.0. The summed E-state index contributed by atoms with van der Waals surface area (Å²) in [5, 5.41) is 18.3. The van der Waals surface area contributed by atoms with E-state index < -0.39 is 6.09 Å². The second-order valence-corrected chi connectivity index (χ2v) is 8.48. The fraction of sp³-hybridized carbons (Fsp3) is 0.261. The molecular formula is C23H22N8O2. The molecule has 2 N–H and O–H groups in total. The first kappa shape index (κ1) is 19.5. The van der Waals surface area contributed by atoms with Gasteiger partial charge in [0.25, 0.3) is 0 Å². The Hall–Kier alpha value is -4.21. The van der Waals surface area contributed by atoms with E-state index in [1.165, 1.54) is 4.90 Å². The molecule has 0 spiro atoms. The largest absolute Gasteiger partial charge is 0.465 e. The third-order valence-electron chi connectivity index (χ3n) is 6.45. The van der Waals surface area contributed by atoms with Crippen molar-refractivity contribution in [3.8, 4) is 5.69 Å². The van der Waals surface area contributed by atoms with E-state index in [4.69, 9.17) is 5.10 Å². The highest BCUT2D eigenvalue weighted by Crippen LogP contribution is 2.34. The average Bonchev–Trinajstić information content (AvgIpc) is 3.52. The van der Waals surface area contributed by atoms with Crippen LogP contribution in [0.25, 0.3) is 16.6 Å². The van der Waals surface area contributed by atoms with Crippen LogP contribution in [0.3, 0.4) is 0 Å². The molecule has 0 saturated carbocycles. The molecule has 10 nitrogen and oxygen atoms in total. The summed E-state index contributed by atoms with van der Waals surface area (Å²) in [6.45, 7) is 2.81. The van der Waals surface area contributed by atoms with Crippen molar-refractivity contribution in [3.05, 3.63) is 61.2 Å². The number of likely N-dealkylation sites (tertiary alicyclic amines) is 1. The Kier molecular flexibility index (Phi) is 4.56. The number of anilines is 3. The summed E-state index contributed by atoms with van der Waals surface area (Å²) in [6.07, 6.45) is 5.90. The van der Waals surface area contributed by atoms with E-state index in [1.807, 2.05) is 41.1 Å². The molecule has 2 aliphatic rings. The van der Waals surface area contributed by atoms with Crippen LogP contribution in [0.4, 0.5) is 22.2 Å². The number of amides is 1.